The minimum atomic E-state index is 1.11. The van der Waals surface area contributed by atoms with Crippen molar-refractivity contribution in [1.82, 2.24) is 9.80 Å². The van der Waals surface area contributed by atoms with Gasteiger partial charge in [-0.25, -0.2) is 0 Å². The molecule has 0 aromatic rings. The van der Waals surface area contributed by atoms with Crippen LogP contribution in [0.4, 0.5) is 0 Å². The normalized spacial score (nSPS) is 24.0. The zero-order valence-corrected chi connectivity index (χ0v) is 19.5. The Hall–Kier alpha value is -1.44. The highest BCUT2D eigenvalue weighted by atomic mass is 15.1. The molecule has 0 unspecified atom stereocenters. The van der Waals surface area contributed by atoms with Gasteiger partial charge in [-0.15, -0.1) is 0 Å². The lowest BCUT2D eigenvalue weighted by molar-refractivity contribution is 0.385. The maximum Gasteiger partial charge on any atom is 0.0357 e. The third-order valence-corrected chi connectivity index (χ3v) is 6.86. The molecule has 0 N–H and O–H groups in total. The molecule has 2 nitrogen and oxygen atoms in total. The van der Waals surface area contributed by atoms with Gasteiger partial charge >= 0.3 is 0 Å². The highest BCUT2D eigenvalue weighted by molar-refractivity contribution is 5.22. The standard InChI is InChI=1S/C28H46N2/c1-2-5-9-13-21-29-23-16-20-28(26-29)18-12-8-4-6-10-14-22-30-24-15-19-27(25-30)17-11-7-3-1/h15-16,19-20,25-26H,1-14,17-18,21-24H2. The monoisotopic (exact) mass is 410 g/mol. The van der Waals surface area contributed by atoms with Gasteiger partial charge in [0.25, 0.3) is 0 Å². The van der Waals surface area contributed by atoms with Crippen molar-refractivity contribution < 1.29 is 0 Å². The second-order valence-electron chi connectivity index (χ2n) is 9.65. The summed E-state index contributed by atoms with van der Waals surface area (Å²) in [6.45, 7) is 4.71. The number of nitrogens with zero attached hydrogens (tertiary/aromatic N) is 2. The third kappa shape index (κ3) is 9.58. The zero-order valence-electron chi connectivity index (χ0n) is 19.5. The number of fused-ring (bicyclic) bond motifs is 2. The first-order valence-corrected chi connectivity index (χ1v) is 13.1. The Bertz CT molecular complexity index is 583. The summed E-state index contributed by atoms with van der Waals surface area (Å²) in [4.78, 5) is 5.09. The molecular weight excluding hydrogens is 364 g/mol. The molecule has 3 rings (SSSR count). The molecule has 0 atom stereocenters. The summed E-state index contributed by atoms with van der Waals surface area (Å²) >= 11 is 0. The molecule has 3 aliphatic heterocycles. The fourth-order valence-corrected chi connectivity index (χ4v) is 5.00. The van der Waals surface area contributed by atoms with Gasteiger partial charge < -0.3 is 9.80 Å². The van der Waals surface area contributed by atoms with E-state index in [2.05, 4.69) is 46.5 Å². The molecule has 3 aliphatic rings. The van der Waals surface area contributed by atoms with Gasteiger partial charge in [-0.05, 0) is 49.7 Å². The van der Waals surface area contributed by atoms with Crippen LogP contribution < -0.4 is 0 Å². The van der Waals surface area contributed by atoms with Gasteiger partial charge in [0.05, 0.1) is 0 Å². The molecule has 30 heavy (non-hydrogen) atoms. The number of hydrogen-bond acceptors (Lipinski definition) is 2. The third-order valence-electron chi connectivity index (χ3n) is 6.86. The molecule has 0 saturated carbocycles. The maximum absolute atomic E-state index is 2.54. The van der Waals surface area contributed by atoms with Crippen LogP contribution in [0.5, 0.6) is 0 Å². The average Bonchev–Trinajstić information content (AvgIpc) is 2.77. The lowest BCUT2D eigenvalue weighted by Crippen LogP contribution is -2.21. The van der Waals surface area contributed by atoms with Crippen molar-refractivity contribution in [2.45, 2.75) is 103 Å². The van der Waals surface area contributed by atoms with Crippen LogP contribution in [0, 0.1) is 0 Å². The van der Waals surface area contributed by atoms with Crippen LogP contribution >= 0.6 is 0 Å². The van der Waals surface area contributed by atoms with Crippen molar-refractivity contribution in [3.63, 3.8) is 0 Å². The molecule has 168 valence electrons. The van der Waals surface area contributed by atoms with Crippen molar-refractivity contribution in [2.75, 3.05) is 26.2 Å². The molecule has 0 aromatic heterocycles. The Kier molecular flexibility index (Phi) is 11.3. The first kappa shape index (κ1) is 23.2. The van der Waals surface area contributed by atoms with Crippen molar-refractivity contribution in [2.24, 2.45) is 0 Å². The topological polar surface area (TPSA) is 6.48 Å². The summed E-state index contributed by atoms with van der Waals surface area (Å²) in [5, 5.41) is 0. The van der Waals surface area contributed by atoms with Crippen LogP contribution in [-0.2, 0) is 0 Å². The molecule has 0 fully saturated rings. The predicted octanol–water partition coefficient (Wildman–Crippen LogP) is 7.75. The van der Waals surface area contributed by atoms with Gasteiger partial charge in [0.2, 0.25) is 0 Å². The van der Waals surface area contributed by atoms with E-state index in [-0.39, 0.29) is 0 Å². The van der Waals surface area contributed by atoms with Gasteiger partial charge in [-0.1, -0.05) is 88.5 Å². The molecule has 0 spiro atoms. The van der Waals surface area contributed by atoms with E-state index in [0.717, 1.165) is 13.1 Å². The van der Waals surface area contributed by atoms with E-state index in [1.807, 2.05) is 0 Å². The lowest BCUT2D eigenvalue weighted by atomic mass is 10.0. The van der Waals surface area contributed by atoms with Crippen molar-refractivity contribution >= 4 is 0 Å². The molecular formula is C28H46N2. The predicted molar refractivity (Wildman–Crippen MR) is 131 cm³/mol. The second kappa shape index (κ2) is 14.5. The van der Waals surface area contributed by atoms with E-state index < -0.39 is 0 Å². The van der Waals surface area contributed by atoms with E-state index in [9.17, 15) is 0 Å². The highest BCUT2D eigenvalue weighted by Gasteiger charge is 2.07. The van der Waals surface area contributed by atoms with Crippen molar-refractivity contribution in [3.05, 3.63) is 47.9 Å². The summed E-state index contributed by atoms with van der Waals surface area (Å²) in [5.41, 5.74) is 3.11. The first-order chi connectivity index (χ1) is 14.9. The smallest absolute Gasteiger partial charge is 0.0357 e. The van der Waals surface area contributed by atoms with E-state index >= 15 is 0 Å². The van der Waals surface area contributed by atoms with E-state index in [1.54, 1.807) is 11.1 Å². The number of rotatable bonds is 0. The quantitative estimate of drug-likeness (QED) is 0.403. The molecule has 0 radical (unpaired) electrons. The van der Waals surface area contributed by atoms with Crippen LogP contribution in [0.3, 0.4) is 0 Å². The Labute approximate surface area is 186 Å². The minimum absolute atomic E-state index is 1.11. The van der Waals surface area contributed by atoms with E-state index in [1.165, 1.54) is 116 Å². The fourth-order valence-electron chi connectivity index (χ4n) is 5.00. The second-order valence-corrected chi connectivity index (χ2v) is 9.65. The number of allylic oxidation sites excluding steroid dienone is 4. The largest absolute Gasteiger partial charge is 0.373 e. The number of hydrogen-bond donors (Lipinski definition) is 0. The fraction of sp³-hybridized carbons (Fsp3) is 0.714. The summed E-state index contributed by atoms with van der Waals surface area (Å²) < 4.78 is 0. The average molecular weight is 411 g/mol. The van der Waals surface area contributed by atoms with Gasteiger partial charge in [-0.3, -0.25) is 0 Å². The summed E-state index contributed by atoms with van der Waals surface area (Å²) in [6, 6.07) is 0. The molecule has 0 aromatic carbocycles. The lowest BCUT2D eigenvalue weighted by Gasteiger charge is -2.23. The van der Waals surface area contributed by atoms with Crippen LogP contribution in [0.25, 0.3) is 0 Å². The molecule has 3 heterocycles. The van der Waals surface area contributed by atoms with E-state index in [0.29, 0.717) is 0 Å². The molecule has 2 heteroatoms. The summed E-state index contributed by atoms with van der Waals surface area (Å²) in [5.74, 6) is 0. The molecule has 4 bridgehead atoms. The minimum Gasteiger partial charge on any atom is -0.373 e. The van der Waals surface area contributed by atoms with E-state index in [4.69, 9.17) is 0 Å². The van der Waals surface area contributed by atoms with Crippen LogP contribution in [0.2, 0.25) is 0 Å². The zero-order chi connectivity index (χ0) is 20.7. The van der Waals surface area contributed by atoms with Crippen molar-refractivity contribution in [3.8, 4) is 0 Å². The highest BCUT2D eigenvalue weighted by Crippen LogP contribution is 2.19. The first-order valence-electron chi connectivity index (χ1n) is 13.1. The molecule has 0 amide bonds. The summed E-state index contributed by atoms with van der Waals surface area (Å²) in [7, 11) is 0. The van der Waals surface area contributed by atoms with Crippen LogP contribution in [-0.4, -0.2) is 36.0 Å². The Morgan fingerprint density at radius 2 is 0.800 bits per heavy atom. The van der Waals surface area contributed by atoms with Gasteiger partial charge in [0.15, 0.2) is 0 Å². The maximum atomic E-state index is 2.54. The van der Waals surface area contributed by atoms with Crippen molar-refractivity contribution in [1.29, 1.82) is 0 Å². The Morgan fingerprint density at radius 1 is 0.433 bits per heavy atom. The Balaban J connectivity index is 1.40. The molecule has 0 aliphatic carbocycles. The SMILES string of the molecule is C1=CC2=CN(C1)CCCCCCCCCCC1=CN(CC=C1)CCCCCCCC2. The Morgan fingerprint density at radius 3 is 1.23 bits per heavy atom. The van der Waals surface area contributed by atoms with Gasteiger partial charge in [0.1, 0.15) is 0 Å². The van der Waals surface area contributed by atoms with Gasteiger partial charge in [0, 0.05) is 38.6 Å². The molecule has 0 saturated heterocycles. The van der Waals surface area contributed by atoms with Crippen LogP contribution in [0.1, 0.15) is 103 Å². The van der Waals surface area contributed by atoms with Crippen LogP contribution in [0.15, 0.2) is 47.9 Å². The summed E-state index contributed by atoms with van der Waals surface area (Å²) in [6.07, 6.45) is 36.4. The van der Waals surface area contributed by atoms with Gasteiger partial charge in [-0.2, -0.15) is 0 Å².